The summed E-state index contributed by atoms with van der Waals surface area (Å²) < 4.78 is 0. The van der Waals surface area contributed by atoms with E-state index in [9.17, 15) is 4.79 Å². The van der Waals surface area contributed by atoms with E-state index in [-0.39, 0.29) is 5.56 Å². The maximum Gasteiger partial charge on any atom is 0.264 e. The van der Waals surface area contributed by atoms with E-state index in [1.807, 2.05) is 0 Å². The number of halogens is 1. The van der Waals surface area contributed by atoms with Crippen LogP contribution in [-0.2, 0) is 0 Å². The molecule has 1 aromatic rings. The lowest BCUT2D eigenvalue weighted by Crippen LogP contribution is -2.06. The van der Waals surface area contributed by atoms with Crippen molar-refractivity contribution in [3.8, 4) is 0 Å². The highest BCUT2D eigenvalue weighted by atomic mass is 35.5. The van der Waals surface area contributed by atoms with Crippen LogP contribution in [0.15, 0.2) is 10.9 Å². The zero-order valence-corrected chi connectivity index (χ0v) is 5.57. The summed E-state index contributed by atoms with van der Waals surface area (Å²) in [5, 5.41) is 6.05. The number of aromatic amines is 1. The first-order valence-electron chi connectivity index (χ1n) is 2.42. The molecule has 0 amide bonds. The van der Waals surface area contributed by atoms with Crippen LogP contribution in [-0.4, -0.2) is 10.2 Å². The molecular formula is C5H5ClN2O. The minimum Gasteiger partial charge on any atom is -0.268 e. The molecule has 9 heavy (non-hydrogen) atoms. The molecule has 0 atom stereocenters. The van der Waals surface area contributed by atoms with Crippen LogP contribution in [0.5, 0.6) is 0 Å². The predicted molar refractivity (Wildman–Crippen MR) is 34.6 cm³/mol. The Morgan fingerprint density at radius 1 is 1.78 bits per heavy atom. The minimum absolute atomic E-state index is 0.225. The monoisotopic (exact) mass is 144 g/mol. The Labute approximate surface area is 56.7 Å². The van der Waals surface area contributed by atoms with Crippen LogP contribution < -0.4 is 5.56 Å². The summed E-state index contributed by atoms with van der Waals surface area (Å²) in [4.78, 5) is 10.5. The molecule has 0 radical (unpaired) electrons. The Morgan fingerprint density at radius 3 is 2.89 bits per heavy atom. The lowest BCUT2D eigenvalue weighted by molar-refractivity contribution is 0.974. The number of rotatable bonds is 0. The Morgan fingerprint density at radius 2 is 2.44 bits per heavy atom. The van der Waals surface area contributed by atoms with E-state index in [0.29, 0.717) is 10.7 Å². The van der Waals surface area contributed by atoms with Crippen molar-refractivity contribution in [3.63, 3.8) is 0 Å². The maximum atomic E-state index is 10.5. The van der Waals surface area contributed by atoms with Gasteiger partial charge in [-0.2, -0.15) is 5.10 Å². The first-order chi connectivity index (χ1) is 4.20. The molecule has 0 fully saturated rings. The Hall–Kier alpha value is -0.830. The van der Waals surface area contributed by atoms with Crippen LogP contribution in [0.4, 0.5) is 0 Å². The Kier molecular flexibility index (Phi) is 1.53. The second kappa shape index (κ2) is 2.19. The van der Waals surface area contributed by atoms with Gasteiger partial charge in [0.1, 0.15) is 0 Å². The van der Waals surface area contributed by atoms with E-state index >= 15 is 0 Å². The molecule has 0 aliphatic rings. The number of nitrogens with one attached hydrogen (secondary N) is 1. The van der Waals surface area contributed by atoms with Crippen molar-refractivity contribution in [2.24, 2.45) is 0 Å². The molecule has 1 heterocycles. The molecule has 1 rings (SSSR count). The van der Waals surface area contributed by atoms with Gasteiger partial charge in [0.05, 0.1) is 0 Å². The quantitative estimate of drug-likeness (QED) is 0.584. The molecule has 0 bridgehead atoms. The number of hydrogen-bond donors (Lipinski definition) is 1. The third kappa shape index (κ3) is 1.29. The summed E-state index contributed by atoms with van der Waals surface area (Å²) >= 11 is 5.50. The average Bonchev–Trinajstić information content (AvgIpc) is 1.80. The number of hydrogen-bond acceptors (Lipinski definition) is 2. The van der Waals surface area contributed by atoms with Gasteiger partial charge < -0.3 is 0 Å². The fraction of sp³-hybridized carbons (Fsp3) is 0.200. The van der Waals surface area contributed by atoms with Crippen LogP contribution in [0.3, 0.4) is 0 Å². The highest BCUT2D eigenvalue weighted by Crippen LogP contribution is 2.04. The van der Waals surface area contributed by atoms with Crippen molar-refractivity contribution < 1.29 is 0 Å². The van der Waals surface area contributed by atoms with Crippen molar-refractivity contribution >= 4 is 11.6 Å². The van der Waals surface area contributed by atoms with Gasteiger partial charge in [-0.15, -0.1) is 0 Å². The van der Waals surface area contributed by atoms with Gasteiger partial charge in [0.15, 0.2) is 5.15 Å². The molecule has 4 heteroatoms. The SMILES string of the molecule is Cc1cc(=O)[nH]nc1Cl. The van der Waals surface area contributed by atoms with Crippen LogP contribution in [0.1, 0.15) is 5.56 Å². The zero-order valence-electron chi connectivity index (χ0n) is 4.81. The van der Waals surface area contributed by atoms with Gasteiger partial charge in [0, 0.05) is 6.07 Å². The smallest absolute Gasteiger partial charge is 0.264 e. The fourth-order valence-electron chi connectivity index (χ4n) is 0.481. The van der Waals surface area contributed by atoms with Crippen molar-refractivity contribution in [1.82, 2.24) is 10.2 Å². The third-order valence-corrected chi connectivity index (χ3v) is 1.32. The summed E-state index contributed by atoms with van der Waals surface area (Å²) in [6, 6.07) is 1.40. The van der Waals surface area contributed by atoms with E-state index < -0.39 is 0 Å². The summed E-state index contributed by atoms with van der Waals surface area (Å²) in [6.07, 6.45) is 0. The van der Waals surface area contributed by atoms with Crippen molar-refractivity contribution in [1.29, 1.82) is 0 Å². The minimum atomic E-state index is -0.225. The van der Waals surface area contributed by atoms with Gasteiger partial charge in [-0.05, 0) is 12.5 Å². The lowest BCUT2D eigenvalue weighted by Gasteiger charge is -1.89. The van der Waals surface area contributed by atoms with Crippen molar-refractivity contribution in [3.05, 3.63) is 27.1 Å². The normalized spacial score (nSPS) is 9.56. The van der Waals surface area contributed by atoms with E-state index in [2.05, 4.69) is 10.2 Å². The molecule has 0 saturated carbocycles. The van der Waals surface area contributed by atoms with Gasteiger partial charge in [0.25, 0.3) is 5.56 Å². The van der Waals surface area contributed by atoms with Crippen LogP contribution in [0, 0.1) is 6.92 Å². The molecule has 0 aliphatic heterocycles. The van der Waals surface area contributed by atoms with Gasteiger partial charge in [0.2, 0.25) is 0 Å². The zero-order chi connectivity index (χ0) is 6.85. The fourth-order valence-corrected chi connectivity index (χ4v) is 0.578. The Balaban J connectivity index is 3.34. The summed E-state index contributed by atoms with van der Waals surface area (Å²) in [7, 11) is 0. The number of aryl methyl sites for hydroxylation is 1. The average molecular weight is 145 g/mol. The van der Waals surface area contributed by atoms with Crippen LogP contribution in [0.2, 0.25) is 5.15 Å². The molecular weight excluding hydrogens is 140 g/mol. The van der Waals surface area contributed by atoms with E-state index in [4.69, 9.17) is 11.6 Å². The molecule has 0 aliphatic carbocycles. The van der Waals surface area contributed by atoms with Crippen molar-refractivity contribution in [2.75, 3.05) is 0 Å². The van der Waals surface area contributed by atoms with Gasteiger partial charge in [-0.25, -0.2) is 5.10 Å². The molecule has 0 spiro atoms. The maximum absolute atomic E-state index is 10.5. The van der Waals surface area contributed by atoms with Gasteiger partial charge >= 0.3 is 0 Å². The molecule has 1 aromatic heterocycles. The molecule has 48 valence electrons. The largest absolute Gasteiger partial charge is 0.268 e. The third-order valence-electron chi connectivity index (χ3n) is 0.937. The second-order valence-electron chi connectivity index (χ2n) is 1.71. The summed E-state index contributed by atoms with van der Waals surface area (Å²) in [5.74, 6) is 0. The molecule has 0 unspecified atom stereocenters. The molecule has 1 N–H and O–H groups in total. The van der Waals surface area contributed by atoms with E-state index in [0.717, 1.165) is 0 Å². The lowest BCUT2D eigenvalue weighted by atomic mass is 10.4. The van der Waals surface area contributed by atoms with E-state index in [1.165, 1.54) is 6.07 Å². The highest BCUT2D eigenvalue weighted by Gasteiger charge is 1.93. The first kappa shape index (κ1) is 6.29. The molecule has 0 saturated heterocycles. The van der Waals surface area contributed by atoms with Crippen molar-refractivity contribution in [2.45, 2.75) is 6.92 Å². The number of aromatic nitrogens is 2. The molecule has 0 aromatic carbocycles. The van der Waals surface area contributed by atoms with E-state index in [1.54, 1.807) is 6.92 Å². The first-order valence-corrected chi connectivity index (χ1v) is 2.80. The Bertz CT molecular complexity index is 268. The summed E-state index contributed by atoms with van der Waals surface area (Å²) in [5.41, 5.74) is 0.470. The summed E-state index contributed by atoms with van der Waals surface area (Å²) in [6.45, 7) is 1.73. The molecule has 3 nitrogen and oxygen atoms in total. The van der Waals surface area contributed by atoms with Gasteiger partial charge in [-0.1, -0.05) is 11.6 Å². The van der Waals surface area contributed by atoms with Gasteiger partial charge in [-0.3, -0.25) is 4.79 Å². The standard InChI is InChI=1S/C5H5ClN2O/c1-3-2-4(9)7-8-5(3)6/h2H,1H3,(H,7,9). The number of nitrogens with zero attached hydrogens (tertiary/aromatic N) is 1. The van der Waals surface area contributed by atoms with Crippen LogP contribution in [0.25, 0.3) is 0 Å². The second-order valence-corrected chi connectivity index (χ2v) is 2.06. The van der Waals surface area contributed by atoms with Crippen LogP contribution >= 0.6 is 11.6 Å². The topological polar surface area (TPSA) is 45.8 Å². The highest BCUT2D eigenvalue weighted by molar-refractivity contribution is 6.30. The predicted octanol–water partition coefficient (Wildman–Crippen LogP) is 0.732. The number of H-pyrrole nitrogens is 1.